The van der Waals surface area contributed by atoms with Crippen molar-refractivity contribution in [1.82, 2.24) is 4.72 Å². The molecule has 1 rings (SSSR count). The lowest BCUT2D eigenvalue weighted by atomic mass is 10.0. The maximum Gasteiger partial charge on any atom is 0.322 e. The minimum Gasteiger partial charge on any atom is -0.480 e. The second-order valence-corrected chi connectivity index (χ2v) is 6.85. The highest BCUT2D eigenvalue weighted by molar-refractivity contribution is 7.89. The molecule has 0 saturated carbocycles. The first kappa shape index (κ1) is 16.9. The van der Waals surface area contributed by atoms with Crippen LogP contribution in [0.1, 0.15) is 25.8 Å². The molecule has 0 fully saturated rings. The molecule has 2 atom stereocenters. The molecule has 2 N–H and O–H groups in total. The van der Waals surface area contributed by atoms with E-state index in [1.165, 1.54) is 12.1 Å². The van der Waals surface area contributed by atoms with Gasteiger partial charge in [0.1, 0.15) is 10.9 Å². The highest BCUT2D eigenvalue weighted by Crippen LogP contribution is 2.23. The first-order valence-electron chi connectivity index (χ1n) is 6.20. The van der Waals surface area contributed by atoms with Gasteiger partial charge in [0.15, 0.2) is 0 Å². The van der Waals surface area contributed by atoms with E-state index in [2.05, 4.69) is 4.72 Å². The second kappa shape index (κ2) is 6.56. The van der Waals surface area contributed by atoms with Crippen molar-refractivity contribution in [3.8, 4) is 0 Å². The summed E-state index contributed by atoms with van der Waals surface area (Å²) in [5.41, 5.74) is 0.825. The van der Waals surface area contributed by atoms with Crippen LogP contribution in [0.15, 0.2) is 23.1 Å². The average Bonchev–Trinajstić information content (AvgIpc) is 2.34. The van der Waals surface area contributed by atoms with E-state index in [9.17, 15) is 13.2 Å². The van der Waals surface area contributed by atoms with Gasteiger partial charge in [-0.3, -0.25) is 4.79 Å². The second-order valence-electron chi connectivity index (χ2n) is 4.76. The van der Waals surface area contributed by atoms with Gasteiger partial charge < -0.3 is 5.11 Å². The molecule has 1 unspecified atom stereocenters. The Morgan fingerprint density at radius 2 is 2.05 bits per heavy atom. The van der Waals surface area contributed by atoms with Crippen LogP contribution in [0, 0.1) is 12.8 Å². The molecule has 5 nitrogen and oxygen atoms in total. The van der Waals surface area contributed by atoms with Crippen LogP contribution in [0.4, 0.5) is 0 Å². The Hall–Kier alpha value is -1.11. The summed E-state index contributed by atoms with van der Waals surface area (Å²) in [4.78, 5) is 11.1. The van der Waals surface area contributed by atoms with Crippen LogP contribution in [-0.4, -0.2) is 25.5 Å². The van der Waals surface area contributed by atoms with Gasteiger partial charge in [-0.15, -0.1) is 0 Å². The predicted octanol–water partition coefficient (Wildman–Crippen LogP) is 2.43. The lowest BCUT2D eigenvalue weighted by Gasteiger charge is -2.20. The Kier molecular flexibility index (Phi) is 5.56. The Morgan fingerprint density at radius 1 is 1.45 bits per heavy atom. The molecule has 0 saturated heterocycles. The summed E-state index contributed by atoms with van der Waals surface area (Å²) in [7, 11) is -3.97. The summed E-state index contributed by atoms with van der Waals surface area (Å²) in [6.07, 6.45) is 0.543. The van der Waals surface area contributed by atoms with Gasteiger partial charge in [-0.2, -0.15) is 4.72 Å². The monoisotopic (exact) mass is 319 g/mol. The van der Waals surface area contributed by atoms with Crippen LogP contribution < -0.4 is 4.72 Å². The van der Waals surface area contributed by atoms with Crippen molar-refractivity contribution in [1.29, 1.82) is 0 Å². The molecule has 0 radical (unpaired) electrons. The van der Waals surface area contributed by atoms with Crippen molar-refractivity contribution in [3.63, 3.8) is 0 Å². The molecule has 20 heavy (non-hydrogen) atoms. The highest BCUT2D eigenvalue weighted by Gasteiger charge is 2.30. The average molecular weight is 320 g/mol. The number of aryl methyl sites for hydroxylation is 1. The van der Waals surface area contributed by atoms with Gasteiger partial charge in [0.2, 0.25) is 10.0 Å². The van der Waals surface area contributed by atoms with Crippen molar-refractivity contribution < 1.29 is 18.3 Å². The third kappa shape index (κ3) is 3.94. The van der Waals surface area contributed by atoms with Crippen LogP contribution in [-0.2, 0) is 14.8 Å². The van der Waals surface area contributed by atoms with Crippen LogP contribution in [0.2, 0.25) is 5.02 Å². The Bertz CT molecular complexity index is 600. The zero-order valence-corrected chi connectivity index (χ0v) is 13.1. The molecule has 0 spiro atoms. The van der Waals surface area contributed by atoms with Crippen molar-refractivity contribution >= 4 is 27.6 Å². The first-order valence-corrected chi connectivity index (χ1v) is 8.06. The van der Waals surface area contributed by atoms with E-state index in [4.69, 9.17) is 16.7 Å². The lowest BCUT2D eigenvalue weighted by Crippen LogP contribution is -2.44. The van der Waals surface area contributed by atoms with Crippen molar-refractivity contribution in [2.45, 2.75) is 38.1 Å². The molecule has 0 aromatic heterocycles. The van der Waals surface area contributed by atoms with Crippen molar-refractivity contribution in [3.05, 3.63) is 28.8 Å². The third-order valence-electron chi connectivity index (χ3n) is 3.14. The van der Waals surface area contributed by atoms with Gasteiger partial charge in [-0.05, 0) is 30.5 Å². The largest absolute Gasteiger partial charge is 0.480 e. The number of rotatable bonds is 6. The fraction of sp³-hybridized carbons (Fsp3) is 0.462. The predicted molar refractivity (Wildman–Crippen MR) is 77.4 cm³/mol. The van der Waals surface area contributed by atoms with E-state index >= 15 is 0 Å². The third-order valence-corrected chi connectivity index (χ3v) is 5.06. The Morgan fingerprint density at radius 3 is 2.50 bits per heavy atom. The number of sulfonamides is 1. The van der Waals surface area contributed by atoms with Crippen molar-refractivity contribution in [2.24, 2.45) is 5.92 Å². The molecule has 0 aliphatic heterocycles. The SMILES string of the molecule is CCC(C)[C@H](NS(=O)(=O)c1ccc(C)cc1Cl)C(=O)O. The minimum atomic E-state index is -3.97. The van der Waals surface area contributed by atoms with Gasteiger partial charge in [-0.1, -0.05) is 37.9 Å². The molecule has 0 aliphatic carbocycles. The molecule has 1 aromatic rings. The summed E-state index contributed by atoms with van der Waals surface area (Å²) in [6, 6.07) is 3.33. The number of carbonyl (C=O) groups is 1. The maximum absolute atomic E-state index is 12.2. The van der Waals surface area contributed by atoms with E-state index in [1.54, 1.807) is 26.8 Å². The van der Waals surface area contributed by atoms with Gasteiger partial charge in [-0.25, -0.2) is 8.42 Å². The molecular formula is C13H18ClNO4S. The minimum absolute atomic E-state index is 0.0748. The quantitative estimate of drug-likeness (QED) is 0.843. The van der Waals surface area contributed by atoms with Crippen molar-refractivity contribution in [2.75, 3.05) is 0 Å². The summed E-state index contributed by atoms with van der Waals surface area (Å²) < 4.78 is 26.7. The molecular weight excluding hydrogens is 302 g/mol. The van der Waals surface area contributed by atoms with Crippen LogP contribution in [0.3, 0.4) is 0 Å². The normalized spacial score (nSPS) is 14.8. The smallest absolute Gasteiger partial charge is 0.322 e. The van der Waals surface area contributed by atoms with E-state index in [0.29, 0.717) is 6.42 Å². The van der Waals surface area contributed by atoms with E-state index < -0.39 is 22.0 Å². The van der Waals surface area contributed by atoms with Crippen LogP contribution in [0.25, 0.3) is 0 Å². The summed E-state index contributed by atoms with van der Waals surface area (Å²) >= 11 is 5.92. The summed E-state index contributed by atoms with van der Waals surface area (Å²) in [5, 5.41) is 9.21. The van der Waals surface area contributed by atoms with E-state index in [1.807, 2.05) is 0 Å². The molecule has 0 aliphatic rings. The maximum atomic E-state index is 12.2. The number of carboxylic acid groups (broad SMARTS) is 1. The number of carboxylic acids is 1. The fourth-order valence-electron chi connectivity index (χ4n) is 1.70. The molecule has 0 heterocycles. The zero-order chi connectivity index (χ0) is 15.5. The fourth-order valence-corrected chi connectivity index (χ4v) is 3.60. The van der Waals surface area contributed by atoms with E-state index in [0.717, 1.165) is 5.56 Å². The van der Waals surface area contributed by atoms with Crippen LogP contribution in [0.5, 0.6) is 0 Å². The van der Waals surface area contributed by atoms with Gasteiger partial charge in [0.05, 0.1) is 5.02 Å². The zero-order valence-electron chi connectivity index (χ0n) is 11.6. The molecule has 7 heteroatoms. The number of nitrogens with one attached hydrogen (secondary N) is 1. The molecule has 1 aromatic carbocycles. The topological polar surface area (TPSA) is 83.5 Å². The Balaban J connectivity index is 3.13. The summed E-state index contributed by atoms with van der Waals surface area (Å²) in [5.74, 6) is -1.53. The number of benzene rings is 1. The van der Waals surface area contributed by atoms with Gasteiger partial charge >= 0.3 is 5.97 Å². The number of hydrogen-bond acceptors (Lipinski definition) is 3. The van der Waals surface area contributed by atoms with E-state index in [-0.39, 0.29) is 15.8 Å². The van der Waals surface area contributed by atoms with Crippen LogP contribution >= 0.6 is 11.6 Å². The molecule has 0 amide bonds. The number of aliphatic carboxylic acids is 1. The van der Waals surface area contributed by atoms with Gasteiger partial charge in [0.25, 0.3) is 0 Å². The molecule has 112 valence electrons. The molecule has 0 bridgehead atoms. The highest BCUT2D eigenvalue weighted by atomic mass is 35.5. The number of hydrogen-bond donors (Lipinski definition) is 2. The standard InChI is InChI=1S/C13H18ClNO4S/c1-4-9(3)12(13(16)17)15-20(18,19)11-6-5-8(2)7-10(11)14/h5-7,9,12,15H,4H2,1-3H3,(H,16,17)/t9?,12-/m0/s1. The summed E-state index contributed by atoms with van der Waals surface area (Å²) in [6.45, 7) is 5.26. The Labute approximate surface area is 124 Å². The number of halogens is 1. The van der Waals surface area contributed by atoms with Gasteiger partial charge in [0, 0.05) is 0 Å². The first-order chi connectivity index (χ1) is 9.19. The lowest BCUT2D eigenvalue weighted by molar-refractivity contribution is -0.140.